The summed E-state index contributed by atoms with van der Waals surface area (Å²) in [6.45, 7) is 9.18. The van der Waals surface area contributed by atoms with Crippen molar-refractivity contribution in [3.05, 3.63) is 101 Å². The summed E-state index contributed by atoms with van der Waals surface area (Å²) in [6, 6.07) is 18.5. The maximum Gasteiger partial charge on any atom is 0.256 e. The largest absolute Gasteiger partial charge is 0.499 e. The molecule has 0 spiro atoms. The molecule has 7 heteroatoms. The average molecular weight is 537 g/mol. The van der Waals surface area contributed by atoms with E-state index in [1.165, 1.54) is 0 Å². The summed E-state index contributed by atoms with van der Waals surface area (Å²) in [4.78, 5) is 37.5. The number of allylic oxidation sites excluding steroid dienone is 2. The molecule has 0 bridgehead atoms. The van der Waals surface area contributed by atoms with E-state index < -0.39 is 0 Å². The number of aryl methyl sites for hydroxylation is 2. The van der Waals surface area contributed by atoms with E-state index in [2.05, 4.69) is 16.4 Å². The molecular formula is C33H36N4O3. The zero-order valence-corrected chi connectivity index (χ0v) is 23.8. The van der Waals surface area contributed by atoms with Gasteiger partial charge < -0.3 is 15.0 Å². The molecule has 0 unspecified atom stereocenters. The van der Waals surface area contributed by atoms with Crippen molar-refractivity contribution in [1.82, 2.24) is 14.9 Å². The molecule has 7 nitrogen and oxygen atoms in total. The number of fused-ring (bicyclic) bond motifs is 1. The van der Waals surface area contributed by atoms with Crippen molar-refractivity contribution < 1.29 is 14.3 Å². The summed E-state index contributed by atoms with van der Waals surface area (Å²) >= 11 is 0. The molecule has 0 aliphatic rings. The van der Waals surface area contributed by atoms with Gasteiger partial charge in [0.2, 0.25) is 0 Å². The normalized spacial score (nSPS) is 11.4. The molecule has 0 atom stereocenters. The molecule has 4 rings (SSSR count). The lowest BCUT2D eigenvalue weighted by molar-refractivity contribution is 0.0791. The van der Waals surface area contributed by atoms with Crippen LogP contribution in [0.25, 0.3) is 22.3 Å². The van der Waals surface area contributed by atoms with Crippen molar-refractivity contribution in [3.63, 3.8) is 0 Å². The van der Waals surface area contributed by atoms with Gasteiger partial charge in [0.15, 0.2) is 0 Å². The highest BCUT2D eigenvalue weighted by atomic mass is 16.5. The van der Waals surface area contributed by atoms with E-state index >= 15 is 0 Å². The van der Waals surface area contributed by atoms with Crippen molar-refractivity contribution in [3.8, 4) is 11.4 Å². The Kier molecular flexibility index (Phi) is 9.27. The first-order valence-corrected chi connectivity index (χ1v) is 13.6. The number of amides is 2. The molecule has 0 saturated carbocycles. The summed E-state index contributed by atoms with van der Waals surface area (Å²) in [7, 11) is 1.80. The molecule has 1 N–H and O–H groups in total. The fourth-order valence-corrected chi connectivity index (χ4v) is 4.71. The number of hydrogen-bond acceptors (Lipinski definition) is 5. The van der Waals surface area contributed by atoms with E-state index in [0.717, 1.165) is 40.6 Å². The number of ether oxygens (including phenoxy) is 1. The number of pyridine rings is 2. The van der Waals surface area contributed by atoms with Gasteiger partial charge in [0.1, 0.15) is 0 Å². The lowest BCUT2D eigenvalue weighted by Gasteiger charge is -2.18. The molecule has 0 aliphatic heterocycles. The van der Waals surface area contributed by atoms with E-state index in [9.17, 15) is 9.59 Å². The third-order valence-electron chi connectivity index (χ3n) is 6.73. The van der Waals surface area contributed by atoms with Gasteiger partial charge >= 0.3 is 0 Å². The van der Waals surface area contributed by atoms with Crippen LogP contribution < -0.4 is 5.32 Å². The highest BCUT2D eigenvalue weighted by Gasteiger charge is 2.17. The number of carbonyl (C=O) groups is 2. The standard InChI is InChI=1S/C33H36N4O3/c1-6-26(40-7-2)11-10-18-37(5)33(39)24-13-15-25(16-14-24)35-32(38)28-21-30(29-12-8-9-17-34-29)36-31-23(4)19-22(3)20-27(28)31/h6,8-9,12-17,19-21H,7,10-11,18H2,1-5H3,(H,35,38)/b26-6-. The topological polar surface area (TPSA) is 84.4 Å². The van der Waals surface area contributed by atoms with Gasteiger partial charge in [0.25, 0.3) is 11.8 Å². The Balaban J connectivity index is 1.51. The highest BCUT2D eigenvalue weighted by Crippen LogP contribution is 2.28. The van der Waals surface area contributed by atoms with Crippen LogP contribution in [0.15, 0.2) is 78.7 Å². The molecule has 4 aromatic rings. The molecule has 0 fully saturated rings. The second kappa shape index (κ2) is 13.0. The maximum absolute atomic E-state index is 13.6. The fourth-order valence-electron chi connectivity index (χ4n) is 4.71. The second-order valence-electron chi connectivity index (χ2n) is 9.80. The zero-order chi connectivity index (χ0) is 28.6. The molecule has 2 aromatic heterocycles. The summed E-state index contributed by atoms with van der Waals surface area (Å²) in [5.41, 5.74) is 5.84. The van der Waals surface area contributed by atoms with Crippen LogP contribution in [0.4, 0.5) is 5.69 Å². The first kappa shape index (κ1) is 28.5. The van der Waals surface area contributed by atoms with Crippen LogP contribution in [0.1, 0.15) is 58.5 Å². The first-order valence-electron chi connectivity index (χ1n) is 13.6. The third kappa shape index (κ3) is 6.72. The first-order chi connectivity index (χ1) is 19.3. The van der Waals surface area contributed by atoms with Gasteiger partial charge in [-0.25, -0.2) is 4.98 Å². The number of benzene rings is 2. The smallest absolute Gasteiger partial charge is 0.256 e. The van der Waals surface area contributed by atoms with Gasteiger partial charge in [0.05, 0.1) is 34.8 Å². The van der Waals surface area contributed by atoms with Gasteiger partial charge in [-0.1, -0.05) is 17.7 Å². The lowest BCUT2D eigenvalue weighted by Crippen LogP contribution is -2.27. The van der Waals surface area contributed by atoms with Crippen molar-refractivity contribution in [2.24, 2.45) is 0 Å². The van der Waals surface area contributed by atoms with E-state index in [-0.39, 0.29) is 11.8 Å². The van der Waals surface area contributed by atoms with Crippen LogP contribution in [-0.4, -0.2) is 46.9 Å². The van der Waals surface area contributed by atoms with E-state index in [0.29, 0.717) is 41.4 Å². The van der Waals surface area contributed by atoms with E-state index in [1.807, 2.05) is 58.0 Å². The van der Waals surface area contributed by atoms with Crippen LogP contribution in [0.2, 0.25) is 0 Å². The molecular weight excluding hydrogens is 500 g/mol. The van der Waals surface area contributed by atoms with Crippen molar-refractivity contribution in [1.29, 1.82) is 0 Å². The number of anilines is 1. The Morgan fingerprint density at radius 1 is 1.02 bits per heavy atom. The number of carbonyl (C=O) groups excluding carboxylic acids is 2. The Hall–Kier alpha value is -4.52. The zero-order valence-electron chi connectivity index (χ0n) is 23.8. The summed E-state index contributed by atoms with van der Waals surface area (Å²) < 4.78 is 5.58. The van der Waals surface area contributed by atoms with Crippen LogP contribution in [0.3, 0.4) is 0 Å². The van der Waals surface area contributed by atoms with Crippen molar-refractivity contribution in [2.75, 3.05) is 25.5 Å². The number of nitrogens with one attached hydrogen (secondary N) is 1. The predicted molar refractivity (Wildman–Crippen MR) is 160 cm³/mol. The molecule has 2 amide bonds. The van der Waals surface area contributed by atoms with Crippen LogP contribution in [0.5, 0.6) is 0 Å². The quantitative estimate of drug-likeness (QED) is 0.222. The molecule has 0 radical (unpaired) electrons. The Bertz CT molecular complexity index is 1530. The molecule has 0 aliphatic carbocycles. The van der Waals surface area contributed by atoms with Gasteiger partial charge in [0, 0.05) is 42.8 Å². The lowest BCUT2D eigenvalue weighted by atomic mass is 10.00. The average Bonchev–Trinajstić information content (AvgIpc) is 2.96. The Morgan fingerprint density at radius 3 is 2.48 bits per heavy atom. The molecule has 206 valence electrons. The number of rotatable bonds is 10. The highest BCUT2D eigenvalue weighted by molar-refractivity contribution is 6.13. The van der Waals surface area contributed by atoms with Crippen molar-refractivity contribution >= 4 is 28.4 Å². The minimum absolute atomic E-state index is 0.0672. The number of aromatic nitrogens is 2. The maximum atomic E-state index is 13.6. The summed E-state index contributed by atoms with van der Waals surface area (Å²) in [6.07, 6.45) is 5.28. The van der Waals surface area contributed by atoms with Gasteiger partial charge in [-0.3, -0.25) is 14.6 Å². The van der Waals surface area contributed by atoms with Gasteiger partial charge in [-0.2, -0.15) is 0 Å². The minimum Gasteiger partial charge on any atom is -0.499 e. The Labute approximate surface area is 235 Å². The molecule has 40 heavy (non-hydrogen) atoms. The Morgan fingerprint density at radius 2 is 1.80 bits per heavy atom. The van der Waals surface area contributed by atoms with Gasteiger partial charge in [-0.05, 0) is 94.3 Å². The molecule has 2 aromatic carbocycles. The van der Waals surface area contributed by atoms with Crippen LogP contribution in [-0.2, 0) is 4.74 Å². The van der Waals surface area contributed by atoms with Gasteiger partial charge in [-0.15, -0.1) is 0 Å². The fraction of sp³-hybridized carbons (Fsp3) is 0.273. The van der Waals surface area contributed by atoms with Crippen molar-refractivity contribution in [2.45, 2.75) is 40.5 Å². The molecule has 0 saturated heterocycles. The van der Waals surface area contributed by atoms with E-state index in [1.54, 1.807) is 48.5 Å². The minimum atomic E-state index is -0.250. The predicted octanol–water partition coefficient (Wildman–Crippen LogP) is 6.96. The monoisotopic (exact) mass is 536 g/mol. The van der Waals surface area contributed by atoms with Crippen LogP contribution in [0, 0.1) is 13.8 Å². The molecule has 2 heterocycles. The second-order valence-corrected chi connectivity index (χ2v) is 9.80. The van der Waals surface area contributed by atoms with Crippen LogP contribution >= 0.6 is 0 Å². The third-order valence-corrected chi connectivity index (χ3v) is 6.73. The SMILES string of the molecule is C/C=C(/CCCN(C)C(=O)c1ccc(NC(=O)c2cc(-c3ccccn3)nc3c(C)cc(C)cc23)cc1)OCC. The van der Waals surface area contributed by atoms with E-state index in [4.69, 9.17) is 9.72 Å². The summed E-state index contributed by atoms with van der Waals surface area (Å²) in [5.74, 6) is 0.630. The summed E-state index contributed by atoms with van der Waals surface area (Å²) in [5, 5.41) is 3.78. The number of hydrogen-bond donors (Lipinski definition) is 1. The number of nitrogens with zero attached hydrogens (tertiary/aromatic N) is 3.